The van der Waals surface area contributed by atoms with Crippen LogP contribution in [-0.4, -0.2) is 16.5 Å². The first-order valence-electron chi connectivity index (χ1n) is 7.44. The Hall–Kier alpha value is -1.26. The molecule has 0 radical (unpaired) electrons. The van der Waals surface area contributed by atoms with Crippen LogP contribution in [-0.2, 0) is 6.42 Å². The van der Waals surface area contributed by atoms with Crippen molar-refractivity contribution in [3.8, 4) is 10.7 Å². The zero-order valence-corrected chi connectivity index (χ0v) is 13.0. The largest absolute Gasteiger partial charge is 0.309 e. The Labute approximate surface area is 124 Å². The van der Waals surface area contributed by atoms with Crippen LogP contribution in [0, 0.1) is 6.92 Å². The zero-order valence-electron chi connectivity index (χ0n) is 12.1. The maximum Gasteiger partial charge on any atom is 0.142 e. The van der Waals surface area contributed by atoms with E-state index >= 15 is 0 Å². The molecule has 20 heavy (non-hydrogen) atoms. The Morgan fingerprint density at radius 1 is 1.40 bits per heavy atom. The second-order valence-electron chi connectivity index (χ2n) is 5.45. The Morgan fingerprint density at radius 3 is 3.05 bits per heavy atom. The van der Waals surface area contributed by atoms with E-state index in [-0.39, 0.29) is 0 Å². The van der Waals surface area contributed by atoms with E-state index < -0.39 is 0 Å². The van der Waals surface area contributed by atoms with Crippen LogP contribution in [0.2, 0.25) is 0 Å². The molecule has 3 rings (SSSR count). The van der Waals surface area contributed by atoms with Gasteiger partial charge in [-0.25, -0.2) is 4.98 Å². The number of aromatic nitrogens is 2. The average molecular weight is 287 g/mol. The van der Waals surface area contributed by atoms with Crippen molar-refractivity contribution in [2.75, 3.05) is 6.54 Å². The Bertz CT molecular complexity index is 574. The maximum atomic E-state index is 4.88. The van der Waals surface area contributed by atoms with Crippen molar-refractivity contribution in [2.45, 2.75) is 45.6 Å². The molecule has 0 aliphatic heterocycles. The van der Waals surface area contributed by atoms with Gasteiger partial charge in [0.1, 0.15) is 5.01 Å². The minimum atomic E-state index is 0.439. The number of thiazole rings is 1. The van der Waals surface area contributed by atoms with Crippen molar-refractivity contribution in [3.63, 3.8) is 0 Å². The third-order valence-electron chi connectivity index (χ3n) is 3.73. The van der Waals surface area contributed by atoms with Gasteiger partial charge >= 0.3 is 0 Å². The molecule has 1 aliphatic rings. The monoisotopic (exact) mass is 287 g/mol. The van der Waals surface area contributed by atoms with Crippen molar-refractivity contribution < 1.29 is 0 Å². The van der Waals surface area contributed by atoms with Crippen molar-refractivity contribution >= 4 is 11.3 Å². The predicted molar refractivity (Wildman–Crippen MR) is 84.1 cm³/mol. The van der Waals surface area contributed by atoms with Crippen LogP contribution in [0.15, 0.2) is 18.3 Å². The molecule has 2 heterocycles. The van der Waals surface area contributed by atoms with Crippen LogP contribution in [0.5, 0.6) is 0 Å². The van der Waals surface area contributed by atoms with Crippen LogP contribution in [0.3, 0.4) is 0 Å². The molecule has 0 saturated heterocycles. The Balaban J connectivity index is 1.88. The van der Waals surface area contributed by atoms with Crippen LogP contribution in [0.25, 0.3) is 10.7 Å². The zero-order chi connectivity index (χ0) is 13.9. The van der Waals surface area contributed by atoms with Gasteiger partial charge in [-0.15, -0.1) is 11.3 Å². The highest BCUT2D eigenvalue weighted by molar-refractivity contribution is 7.15. The molecule has 1 atom stereocenters. The van der Waals surface area contributed by atoms with E-state index in [0.717, 1.165) is 17.2 Å². The lowest BCUT2D eigenvalue weighted by Gasteiger charge is -2.22. The Kier molecular flexibility index (Phi) is 4.13. The van der Waals surface area contributed by atoms with Gasteiger partial charge in [-0.1, -0.05) is 13.0 Å². The molecule has 0 saturated carbocycles. The number of aryl methyl sites for hydroxylation is 2. The van der Waals surface area contributed by atoms with Gasteiger partial charge in [-0.05, 0) is 50.8 Å². The molecular weight excluding hydrogens is 266 g/mol. The fraction of sp³-hybridized carbons (Fsp3) is 0.500. The maximum absolute atomic E-state index is 4.88. The van der Waals surface area contributed by atoms with E-state index in [1.807, 2.05) is 17.5 Å². The molecule has 2 aromatic heterocycles. The molecule has 0 bridgehead atoms. The van der Waals surface area contributed by atoms with Gasteiger partial charge in [0.15, 0.2) is 0 Å². The van der Waals surface area contributed by atoms with E-state index in [1.54, 1.807) is 0 Å². The van der Waals surface area contributed by atoms with Crippen LogP contribution >= 0.6 is 11.3 Å². The standard InChI is InChI=1S/C16H21N3S/c1-3-9-17-12-5-4-6-14-15(12)19-16(20-14)13-8-7-11(2)10-18-13/h7-8,10,12,17H,3-6,9H2,1-2H3. The molecule has 1 unspecified atom stereocenters. The molecule has 0 amide bonds. The molecule has 4 heteroatoms. The SMILES string of the molecule is CCCNC1CCCc2sc(-c3ccc(C)cn3)nc21. The molecular formula is C16H21N3S. The van der Waals surface area contributed by atoms with E-state index in [1.165, 1.54) is 41.8 Å². The second kappa shape index (κ2) is 6.02. The molecule has 2 aromatic rings. The van der Waals surface area contributed by atoms with E-state index in [0.29, 0.717) is 6.04 Å². The molecule has 0 spiro atoms. The summed E-state index contributed by atoms with van der Waals surface area (Å²) in [6, 6.07) is 4.62. The number of pyridine rings is 1. The highest BCUT2D eigenvalue weighted by atomic mass is 32.1. The second-order valence-corrected chi connectivity index (χ2v) is 6.53. The summed E-state index contributed by atoms with van der Waals surface area (Å²) in [5, 5.41) is 4.69. The minimum absolute atomic E-state index is 0.439. The summed E-state index contributed by atoms with van der Waals surface area (Å²) in [7, 11) is 0. The Morgan fingerprint density at radius 2 is 2.30 bits per heavy atom. The van der Waals surface area contributed by atoms with Crippen LogP contribution in [0.4, 0.5) is 0 Å². The van der Waals surface area contributed by atoms with Gasteiger partial charge < -0.3 is 5.32 Å². The van der Waals surface area contributed by atoms with Gasteiger partial charge in [0.2, 0.25) is 0 Å². The number of nitrogens with one attached hydrogen (secondary N) is 1. The molecule has 3 nitrogen and oxygen atoms in total. The predicted octanol–water partition coefficient (Wildman–Crippen LogP) is 3.89. The van der Waals surface area contributed by atoms with Crippen LogP contribution < -0.4 is 5.32 Å². The fourth-order valence-electron chi connectivity index (χ4n) is 2.64. The van der Waals surface area contributed by atoms with E-state index in [2.05, 4.69) is 36.3 Å². The summed E-state index contributed by atoms with van der Waals surface area (Å²) in [5.74, 6) is 0. The summed E-state index contributed by atoms with van der Waals surface area (Å²) >= 11 is 1.82. The highest BCUT2D eigenvalue weighted by Crippen LogP contribution is 2.36. The van der Waals surface area contributed by atoms with Crippen molar-refractivity contribution in [2.24, 2.45) is 0 Å². The lowest BCUT2D eigenvalue weighted by atomic mass is 9.97. The van der Waals surface area contributed by atoms with Gasteiger partial charge in [0.25, 0.3) is 0 Å². The van der Waals surface area contributed by atoms with E-state index in [9.17, 15) is 0 Å². The summed E-state index contributed by atoms with van der Waals surface area (Å²) in [5.41, 5.74) is 3.47. The first-order chi connectivity index (χ1) is 9.78. The first-order valence-corrected chi connectivity index (χ1v) is 8.25. The van der Waals surface area contributed by atoms with E-state index in [4.69, 9.17) is 4.98 Å². The first kappa shape index (κ1) is 13.7. The highest BCUT2D eigenvalue weighted by Gasteiger charge is 2.24. The van der Waals surface area contributed by atoms with Gasteiger partial charge in [-0.2, -0.15) is 0 Å². The van der Waals surface area contributed by atoms with Gasteiger partial charge in [0.05, 0.1) is 17.4 Å². The van der Waals surface area contributed by atoms with Crippen LogP contribution in [0.1, 0.15) is 48.4 Å². The molecule has 1 aliphatic carbocycles. The van der Waals surface area contributed by atoms with Crippen molar-refractivity contribution in [1.29, 1.82) is 0 Å². The molecule has 0 fully saturated rings. The lowest BCUT2D eigenvalue weighted by Crippen LogP contribution is -2.25. The smallest absolute Gasteiger partial charge is 0.142 e. The third-order valence-corrected chi connectivity index (χ3v) is 4.88. The number of hydrogen-bond acceptors (Lipinski definition) is 4. The molecule has 1 N–H and O–H groups in total. The quantitative estimate of drug-likeness (QED) is 0.927. The number of hydrogen-bond donors (Lipinski definition) is 1. The topological polar surface area (TPSA) is 37.8 Å². The summed E-state index contributed by atoms with van der Waals surface area (Å²) < 4.78 is 0. The van der Waals surface area contributed by atoms with Crippen molar-refractivity contribution in [3.05, 3.63) is 34.5 Å². The minimum Gasteiger partial charge on any atom is -0.309 e. The summed E-state index contributed by atoms with van der Waals surface area (Å²) in [6.07, 6.45) is 6.73. The fourth-order valence-corrected chi connectivity index (χ4v) is 3.78. The molecule has 106 valence electrons. The lowest BCUT2D eigenvalue weighted by molar-refractivity contribution is 0.454. The number of rotatable bonds is 4. The molecule has 0 aromatic carbocycles. The normalized spacial score (nSPS) is 18.0. The number of fused-ring (bicyclic) bond motifs is 1. The number of nitrogens with zero attached hydrogens (tertiary/aromatic N) is 2. The average Bonchev–Trinajstić information content (AvgIpc) is 2.90. The van der Waals surface area contributed by atoms with Crippen molar-refractivity contribution in [1.82, 2.24) is 15.3 Å². The third kappa shape index (κ3) is 2.76. The summed E-state index contributed by atoms with van der Waals surface area (Å²) in [4.78, 5) is 10.8. The summed E-state index contributed by atoms with van der Waals surface area (Å²) in [6.45, 7) is 5.34. The van der Waals surface area contributed by atoms with Gasteiger partial charge in [0, 0.05) is 11.1 Å². The van der Waals surface area contributed by atoms with Gasteiger partial charge in [-0.3, -0.25) is 4.98 Å².